The van der Waals surface area contributed by atoms with E-state index in [0.717, 1.165) is 17.6 Å². The number of aromatic nitrogens is 5. The average Bonchev–Trinajstić information content (AvgIpc) is 3.24. The minimum absolute atomic E-state index is 0.108. The van der Waals surface area contributed by atoms with Crippen LogP contribution in [0.5, 0.6) is 0 Å². The number of halogens is 3. The standard InChI is InChI=1S/C17H11F3N6O/c1-9-21-6-7-25(9)10-2-5-13-22-17(24-26(13)8-10)23-16(27)11-3-4-12(18)15(20)14(11)19/h2-8H,1H3,(H,23,24,27). The summed E-state index contributed by atoms with van der Waals surface area (Å²) in [4.78, 5) is 20.4. The Labute approximate surface area is 150 Å². The Hall–Kier alpha value is -3.69. The summed E-state index contributed by atoms with van der Waals surface area (Å²) in [7, 11) is 0. The summed E-state index contributed by atoms with van der Waals surface area (Å²) in [5.41, 5.74) is 0.548. The quantitative estimate of drug-likeness (QED) is 0.561. The Balaban J connectivity index is 1.64. The molecule has 4 aromatic rings. The molecule has 0 bridgehead atoms. The molecule has 0 atom stereocenters. The van der Waals surface area contributed by atoms with Crippen molar-refractivity contribution in [2.45, 2.75) is 6.92 Å². The predicted octanol–water partition coefficient (Wildman–Crippen LogP) is 2.89. The van der Waals surface area contributed by atoms with Gasteiger partial charge in [0.25, 0.3) is 5.91 Å². The van der Waals surface area contributed by atoms with Gasteiger partial charge in [0.2, 0.25) is 5.95 Å². The molecule has 0 fully saturated rings. The number of benzene rings is 1. The van der Waals surface area contributed by atoms with Crippen molar-refractivity contribution in [3.63, 3.8) is 0 Å². The molecule has 7 nitrogen and oxygen atoms in total. The van der Waals surface area contributed by atoms with Crippen LogP contribution in [0.1, 0.15) is 16.2 Å². The van der Waals surface area contributed by atoms with Crippen molar-refractivity contribution in [3.8, 4) is 5.69 Å². The van der Waals surface area contributed by atoms with E-state index in [4.69, 9.17) is 0 Å². The van der Waals surface area contributed by atoms with Gasteiger partial charge < -0.3 is 4.57 Å². The molecule has 1 aromatic carbocycles. The molecule has 27 heavy (non-hydrogen) atoms. The van der Waals surface area contributed by atoms with Gasteiger partial charge in [-0.1, -0.05) is 0 Å². The first-order valence-electron chi connectivity index (χ1n) is 7.75. The topological polar surface area (TPSA) is 77.1 Å². The van der Waals surface area contributed by atoms with Crippen LogP contribution in [0.25, 0.3) is 11.3 Å². The number of hydrogen-bond acceptors (Lipinski definition) is 4. The first kappa shape index (κ1) is 16.8. The second-order valence-electron chi connectivity index (χ2n) is 5.65. The summed E-state index contributed by atoms with van der Waals surface area (Å²) in [5, 5.41) is 6.37. The van der Waals surface area contributed by atoms with Crippen molar-refractivity contribution in [1.29, 1.82) is 0 Å². The van der Waals surface area contributed by atoms with Crippen molar-refractivity contribution in [3.05, 3.63) is 71.7 Å². The van der Waals surface area contributed by atoms with Gasteiger partial charge in [0.05, 0.1) is 17.4 Å². The lowest BCUT2D eigenvalue weighted by Gasteiger charge is -2.04. The number of nitrogens with one attached hydrogen (secondary N) is 1. The molecule has 0 radical (unpaired) electrons. The highest BCUT2D eigenvalue weighted by molar-refractivity contribution is 6.03. The number of fused-ring (bicyclic) bond motifs is 1. The second-order valence-corrected chi connectivity index (χ2v) is 5.65. The summed E-state index contributed by atoms with van der Waals surface area (Å²) < 4.78 is 43.3. The molecule has 1 N–H and O–H groups in total. The second kappa shape index (κ2) is 6.24. The molecule has 1 amide bonds. The van der Waals surface area contributed by atoms with E-state index in [0.29, 0.717) is 11.7 Å². The van der Waals surface area contributed by atoms with Gasteiger partial charge in [-0.05, 0) is 31.2 Å². The molecule has 3 heterocycles. The Morgan fingerprint density at radius 2 is 1.93 bits per heavy atom. The molecule has 10 heteroatoms. The molecule has 4 rings (SSSR count). The van der Waals surface area contributed by atoms with Gasteiger partial charge in [-0.3, -0.25) is 10.1 Å². The zero-order chi connectivity index (χ0) is 19.1. The Morgan fingerprint density at radius 3 is 2.67 bits per heavy atom. The van der Waals surface area contributed by atoms with Gasteiger partial charge in [-0.25, -0.2) is 22.7 Å². The molecule has 3 aromatic heterocycles. The van der Waals surface area contributed by atoms with Crippen LogP contribution in [0.4, 0.5) is 19.1 Å². The van der Waals surface area contributed by atoms with E-state index < -0.39 is 28.9 Å². The minimum atomic E-state index is -1.72. The number of amides is 1. The summed E-state index contributed by atoms with van der Waals surface area (Å²) in [5.74, 6) is -4.99. The number of imidazole rings is 1. The molecule has 0 unspecified atom stereocenters. The van der Waals surface area contributed by atoms with E-state index in [1.165, 1.54) is 4.52 Å². The molecule has 136 valence electrons. The Morgan fingerprint density at radius 1 is 1.11 bits per heavy atom. The van der Waals surface area contributed by atoms with Crippen molar-refractivity contribution >= 4 is 17.5 Å². The van der Waals surface area contributed by atoms with Gasteiger partial charge in [0.15, 0.2) is 23.1 Å². The van der Waals surface area contributed by atoms with E-state index >= 15 is 0 Å². The number of hydrogen-bond donors (Lipinski definition) is 1. The van der Waals surface area contributed by atoms with Crippen LogP contribution in [0, 0.1) is 24.4 Å². The number of aryl methyl sites for hydroxylation is 1. The van der Waals surface area contributed by atoms with Crippen LogP contribution in [-0.4, -0.2) is 30.1 Å². The smallest absolute Gasteiger partial charge is 0.261 e. The lowest BCUT2D eigenvalue weighted by Crippen LogP contribution is -2.16. The maximum Gasteiger partial charge on any atom is 0.261 e. The summed E-state index contributed by atoms with van der Waals surface area (Å²) in [6, 6.07) is 4.98. The number of pyridine rings is 1. The van der Waals surface area contributed by atoms with Gasteiger partial charge >= 0.3 is 0 Å². The maximum absolute atomic E-state index is 13.7. The summed E-state index contributed by atoms with van der Waals surface area (Å²) in [6.45, 7) is 1.84. The number of rotatable bonds is 3. The number of nitrogens with zero attached hydrogens (tertiary/aromatic N) is 5. The zero-order valence-corrected chi connectivity index (χ0v) is 13.8. The average molecular weight is 372 g/mol. The van der Waals surface area contributed by atoms with Crippen molar-refractivity contribution in [2.24, 2.45) is 0 Å². The number of carbonyl (C=O) groups excluding carboxylic acids is 1. The summed E-state index contributed by atoms with van der Waals surface area (Å²) in [6.07, 6.45) is 5.11. The van der Waals surface area contributed by atoms with Gasteiger partial charge in [-0.15, -0.1) is 5.10 Å². The van der Waals surface area contributed by atoms with Gasteiger partial charge in [0, 0.05) is 12.4 Å². The van der Waals surface area contributed by atoms with Crippen molar-refractivity contribution in [1.82, 2.24) is 24.1 Å². The zero-order valence-electron chi connectivity index (χ0n) is 13.8. The van der Waals surface area contributed by atoms with E-state index in [-0.39, 0.29) is 5.95 Å². The fraction of sp³-hybridized carbons (Fsp3) is 0.0588. The van der Waals surface area contributed by atoms with Crippen molar-refractivity contribution < 1.29 is 18.0 Å². The van der Waals surface area contributed by atoms with E-state index in [1.807, 2.05) is 11.5 Å². The lowest BCUT2D eigenvalue weighted by atomic mass is 10.2. The molecular weight excluding hydrogens is 361 g/mol. The van der Waals surface area contributed by atoms with Crippen LogP contribution in [0.3, 0.4) is 0 Å². The molecular formula is C17H11F3N6O. The van der Waals surface area contributed by atoms with Crippen LogP contribution in [-0.2, 0) is 0 Å². The highest BCUT2D eigenvalue weighted by atomic mass is 19.2. The maximum atomic E-state index is 13.7. The highest BCUT2D eigenvalue weighted by Gasteiger charge is 2.20. The third-order valence-electron chi connectivity index (χ3n) is 3.92. The molecule has 0 aliphatic rings. The largest absolute Gasteiger partial charge is 0.302 e. The van der Waals surface area contributed by atoms with E-state index in [2.05, 4.69) is 20.4 Å². The van der Waals surface area contributed by atoms with Gasteiger partial charge in [-0.2, -0.15) is 4.98 Å². The van der Waals surface area contributed by atoms with Crippen LogP contribution in [0.2, 0.25) is 0 Å². The number of anilines is 1. The SMILES string of the molecule is Cc1nccn1-c1ccc2nc(NC(=O)c3ccc(F)c(F)c3F)nn2c1. The Kier molecular flexibility index (Phi) is 3.87. The summed E-state index contributed by atoms with van der Waals surface area (Å²) >= 11 is 0. The van der Waals surface area contributed by atoms with E-state index in [1.54, 1.807) is 30.7 Å². The first-order valence-corrected chi connectivity index (χ1v) is 7.75. The highest BCUT2D eigenvalue weighted by Crippen LogP contribution is 2.17. The third-order valence-corrected chi connectivity index (χ3v) is 3.92. The molecule has 0 aliphatic heterocycles. The van der Waals surface area contributed by atoms with Crippen LogP contribution < -0.4 is 5.32 Å². The monoisotopic (exact) mass is 372 g/mol. The molecule has 0 saturated carbocycles. The molecule has 0 saturated heterocycles. The minimum Gasteiger partial charge on any atom is -0.302 e. The lowest BCUT2D eigenvalue weighted by molar-refractivity contribution is 0.102. The van der Waals surface area contributed by atoms with E-state index in [9.17, 15) is 18.0 Å². The molecule has 0 spiro atoms. The number of carbonyl (C=O) groups is 1. The molecule has 0 aliphatic carbocycles. The first-order chi connectivity index (χ1) is 12.9. The predicted molar refractivity (Wildman–Crippen MR) is 89.1 cm³/mol. The van der Waals surface area contributed by atoms with Crippen LogP contribution in [0.15, 0.2) is 42.9 Å². The van der Waals surface area contributed by atoms with Crippen molar-refractivity contribution in [2.75, 3.05) is 5.32 Å². The Bertz CT molecular complexity index is 1180. The fourth-order valence-electron chi connectivity index (χ4n) is 2.59. The van der Waals surface area contributed by atoms with Crippen LogP contribution >= 0.6 is 0 Å². The normalized spacial score (nSPS) is 11.1. The third kappa shape index (κ3) is 2.90. The van der Waals surface area contributed by atoms with Gasteiger partial charge in [0.1, 0.15) is 5.82 Å². The fourth-order valence-corrected chi connectivity index (χ4v) is 2.59.